The molecule has 0 unspecified atom stereocenters. The Balaban J connectivity index is 2.10. The van der Waals surface area contributed by atoms with Gasteiger partial charge in [-0.3, -0.25) is 4.79 Å². The van der Waals surface area contributed by atoms with Crippen LogP contribution in [0.5, 0.6) is 0 Å². The van der Waals surface area contributed by atoms with Crippen molar-refractivity contribution in [3.63, 3.8) is 0 Å². The van der Waals surface area contributed by atoms with Gasteiger partial charge in [-0.1, -0.05) is 18.2 Å². The Kier molecular flexibility index (Phi) is 5.87. The van der Waals surface area contributed by atoms with Crippen molar-refractivity contribution >= 4 is 27.8 Å². The van der Waals surface area contributed by atoms with E-state index in [-0.39, 0.29) is 5.91 Å². The third-order valence-electron chi connectivity index (χ3n) is 5.04. The zero-order valence-corrected chi connectivity index (χ0v) is 16.9. The number of aromatic nitrogens is 2. The molecule has 0 N–H and O–H groups in total. The maximum absolute atomic E-state index is 13.2. The Hall–Kier alpha value is -2.31. The number of nitrogens with zero attached hydrogens (tertiary/aromatic N) is 3. The van der Waals surface area contributed by atoms with Gasteiger partial charge in [-0.25, -0.2) is 0 Å². The number of ether oxygens (including phenoxy) is 2. The molecular formula is C21H29N3O3. The van der Waals surface area contributed by atoms with Crippen molar-refractivity contribution in [2.75, 3.05) is 40.5 Å². The average Bonchev–Trinajstić information content (AvgIpc) is 3.16. The van der Waals surface area contributed by atoms with E-state index in [1.54, 1.807) is 19.1 Å². The fourth-order valence-corrected chi connectivity index (χ4v) is 3.74. The van der Waals surface area contributed by atoms with Crippen LogP contribution in [0.1, 0.15) is 30.4 Å². The molecule has 0 aliphatic carbocycles. The number of para-hydroxylation sites is 1. The average molecular weight is 371 g/mol. The SMILES string of the molecule is COCCN(CCOC)C(=O)c1cc2c(c3ccccc3n2C(C)C)n1C. The third-order valence-corrected chi connectivity index (χ3v) is 5.04. The van der Waals surface area contributed by atoms with Gasteiger partial charge in [-0.2, -0.15) is 0 Å². The number of methoxy groups -OCH3 is 2. The Labute approximate surface area is 160 Å². The highest BCUT2D eigenvalue weighted by Crippen LogP contribution is 2.33. The number of fused-ring (bicyclic) bond motifs is 3. The first-order chi connectivity index (χ1) is 13.0. The summed E-state index contributed by atoms with van der Waals surface area (Å²) in [5.41, 5.74) is 4.08. The second-order valence-electron chi connectivity index (χ2n) is 7.08. The van der Waals surface area contributed by atoms with Gasteiger partial charge in [0.15, 0.2) is 0 Å². The van der Waals surface area contributed by atoms with Crippen LogP contribution < -0.4 is 0 Å². The van der Waals surface area contributed by atoms with Gasteiger partial charge >= 0.3 is 0 Å². The van der Waals surface area contributed by atoms with Crippen molar-refractivity contribution in [3.8, 4) is 0 Å². The summed E-state index contributed by atoms with van der Waals surface area (Å²) in [4.78, 5) is 15.0. The zero-order chi connectivity index (χ0) is 19.6. The molecule has 0 aliphatic heterocycles. The van der Waals surface area contributed by atoms with E-state index in [1.165, 1.54) is 10.9 Å². The first-order valence-electron chi connectivity index (χ1n) is 9.36. The van der Waals surface area contributed by atoms with Crippen LogP contribution >= 0.6 is 0 Å². The Morgan fingerprint density at radius 1 is 1.07 bits per heavy atom. The van der Waals surface area contributed by atoms with Crippen LogP contribution in [0.2, 0.25) is 0 Å². The molecular weight excluding hydrogens is 342 g/mol. The van der Waals surface area contributed by atoms with Crippen molar-refractivity contribution in [2.45, 2.75) is 19.9 Å². The second-order valence-corrected chi connectivity index (χ2v) is 7.08. The third kappa shape index (κ3) is 3.47. The van der Waals surface area contributed by atoms with Crippen molar-refractivity contribution in [3.05, 3.63) is 36.0 Å². The molecule has 0 bridgehead atoms. The number of carbonyl (C=O) groups is 1. The molecule has 0 radical (unpaired) electrons. The van der Waals surface area contributed by atoms with Crippen LogP contribution in [0.25, 0.3) is 21.9 Å². The standard InChI is InChI=1S/C21H29N3O3/c1-15(2)24-17-9-7-6-8-16(17)20-18(24)14-19(22(20)3)21(25)23(10-12-26-4)11-13-27-5/h6-9,14-15H,10-13H2,1-5H3. The van der Waals surface area contributed by atoms with E-state index in [0.717, 1.165) is 11.0 Å². The number of hydrogen-bond acceptors (Lipinski definition) is 3. The number of benzene rings is 1. The Morgan fingerprint density at radius 3 is 2.30 bits per heavy atom. The van der Waals surface area contributed by atoms with Crippen molar-refractivity contribution in [2.24, 2.45) is 7.05 Å². The van der Waals surface area contributed by atoms with Crippen molar-refractivity contribution in [1.82, 2.24) is 14.0 Å². The quantitative estimate of drug-likeness (QED) is 0.609. The lowest BCUT2D eigenvalue weighted by atomic mass is 10.2. The Morgan fingerprint density at radius 2 is 1.70 bits per heavy atom. The molecule has 6 nitrogen and oxygen atoms in total. The second kappa shape index (κ2) is 8.15. The van der Waals surface area contributed by atoms with Crippen molar-refractivity contribution in [1.29, 1.82) is 0 Å². The van der Waals surface area contributed by atoms with Crippen LogP contribution in [0.15, 0.2) is 30.3 Å². The van der Waals surface area contributed by atoms with Crippen LogP contribution in [0, 0.1) is 0 Å². The molecule has 0 aliphatic rings. The maximum Gasteiger partial charge on any atom is 0.270 e. The highest BCUT2D eigenvalue weighted by Gasteiger charge is 2.24. The molecule has 0 atom stereocenters. The lowest BCUT2D eigenvalue weighted by Crippen LogP contribution is -2.37. The summed E-state index contributed by atoms with van der Waals surface area (Å²) in [6.45, 7) is 6.42. The first-order valence-corrected chi connectivity index (χ1v) is 9.36. The topological polar surface area (TPSA) is 48.6 Å². The molecule has 6 heteroatoms. The van der Waals surface area contributed by atoms with Gasteiger partial charge in [0.05, 0.1) is 29.8 Å². The van der Waals surface area contributed by atoms with Gasteiger partial charge < -0.3 is 23.5 Å². The van der Waals surface area contributed by atoms with Gasteiger partial charge in [0.2, 0.25) is 0 Å². The van der Waals surface area contributed by atoms with Crippen molar-refractivity contribution < 1.29 is 14.3 Å². The van der Waals surface area contributed by atoms with Crippen LogP contribution in [0.4, 0.5) is 0 Å². The molecule has 2 heterocycles. The molecule has 2 aromatic heterocycles. The van der Waals surface area contributed by atoms with Gasteiger partial charge in [0.1, 0.15) is 5.69 Å². The molecule has 146 valence electrons. The highest BCUT2D eigenvalue weighted by atomic mass is 16.5. The molecule has 0 fully saturated rings. The highest BCUT2D eigenvalue weighted by molar-refractivity contribution is 6.10. The van der Waals surface area contributed by atoms with E-state index in [2.05, 4.69) is 36.6 Å². The lowest BCUT2D eigenvalue weighted by Gasteiger charge is -2.22. The van der Waals surface area contributed by atoms with Crippen LogP contribution in [-0.4, -0.2) is 60.5 Å². The summed E-state index contributed by atoms with van der Waals surface area (Å²) in [6, 6.07) is 10.7. The summed E-state index contributed by atoms with van der Waals surface area (Å²) < 4.78 is 14.7. The largest absolute Gasteiger partial charge is 0.383 e. The number of hydrogen-bond donors (Lipinski definition) is 0. The molecule has 0 saturated carbocycles. The molecule has 1 amide bonds. The van der Waals surface area contributed by atoms with Crippen LogP contribution in [0.3, 0.4) is 0 Å². The molecule has 0 saturated heterocycles. The normalized spacial score (nSPS) is 11.8. The zero-order valence-electron chi connectivity index (χ0n) is 16.9. The maximum atomic E-state index is 13.2. The minimum Gasteiger partial charge on any atom is -0.383 e. The molecule has 0 spiro atoms. The molecule has 27 heavy (non-hydrogen) atoms. The van der Waals surface area contributed by atoms with E-state index in [9.17, 15) is 4.79 Å². The molecule has 1 aromatic carbocycles. The monoisotopic (exact) mass is 371 g/mol. The summed E-state index contributed by atoms with van der Waals surface area (Å²) in [7, 11) is 5.26. The summed E-state index contributed by atoms with van der Waals surface area (Å²) >= 11 is 0. The minimum absolute atomic E-state index is 0.00203. The number of amides is 1. The van der Waals surface area contributed by atoms with E-state index >= 15 is 0 Å². The number of rotatable bonds is 8. The van der Waals surface area contributed by atoms with E-state index in [0.29, 0.717) is 38.0 Å². The lowest BCUT2D eigenvalue weighted by molar-refractivity contribution is 0.0619. The summed E-state index contributed by atoms with van der Waals surface area (Å²) in [5.74, 6) is 0.00203. The number of aryl methyl sites for hydroxylation is 1. The number of carbonyl (C=O) groups excluding carboxylic acids is 1. The first kappa shape index (κ1) is 19.5. The minimum atomic E-state index is 0.00203. The van der Waals surface area contributed by atoms with Crippen LogP contribution in [-0.2, 0) is 16.5 Å². The van der Waals surface area contributed by atoms with E-state index < -0.39 is 0 Å². The molecule has 3 aromatic rings. The van der Waals surface area contributed by atoms with Gasteiger partial charge in [-0.05, 0) is 26.0 Å². The van der Waals surface area contributed by atoms with Gasteiger partial charge in [0.25, 0.3) is 5.91 Å². The smallest absolute Gasteiger partial charge is 0.270 e. The fraction of sp³-hybridized carbons (Fsp3) is 0.476. The van der Waals surface area contributed by atoms with E-state index in [1.807, 2.05) is 23.7 Å². The summed E-state index contributed by atoms with van der Waals surface area (Å²) in [5, 5.41) is 1.17. The predicted octanol–water partition coefficient (Wildman–Crippen LogP) is 3.45. The predicted molar refractivity (Wildman–Crippen MR) is 108 cm³/mol. The summed E-state index contributed by atoms with van der Waals surface area (Å²) in [6.07, 6.45) is 0. The Bertz CT molecular complexity index is 931. The molecule has 3 rings (SSSR count). The fourth-order valence-electron chi connectivity index (χ4n) is 3.74. The van der Waals surface area contributed by atoms with Gasteiger partial charge in [0, 0.05) is 45.8 Å². The van der Waals surface area contributed by atoms with E-state index in [4.69, 9.17) is 9.47 Å². The van der Waals surface area contributed by atoms with Gasteiger partial charge in [-0.15, -0.1) is 0 Å².